The van der Waals surface area contributed by atoms with Gasteiger partial charge in [-0.25, -0.2) is 4.79 Å². The van der Waals surface area contributed by atoms with Gasteiger partial charge in [0.05, 0.1) is 48.7 Å². The summed E-state index contributed by atoms with van der Waals surface area (Å²) in [6.45, 7) is 4.88. The predicted octanol–water partition coefficient (Wildman–Crippen LogP) is 3.48. The number of nitrogens with one attached hydrogen (secondary N) is 1. The minimum Gasteiger partial charge on any atom is -0.493 e. The van der Waals surface area contributed by atoms with E-state index in [0.29, 0.717) is 46.6 Å². The van der Waals surface area contributed by atoms with Crippen molar-refractivity contribution in [3.05, 3.63) is 35.4 Å². The molecule has 1 fully saturated rings. The largest absolute Gasteiger partial charge is 0.493 e. The third-order valence-corrected chi connectivity index (χ3v) is 7.55. The number of amides is 3. The van der Waals surface area contributed by atoms with Gasteiger partial charge in [-0.3, -0.25) is 9.59 Å². The van der Waals surface area contributed by atoms with E-state index in [1.165, 1.54) is 42.7 Å². The van der Waals surface area contributed by atoms with Crippen LogP contribution in [0.3, 0.4) is 0 Å². The van der Waals surface area contributed by atoms with Gasteiger partial charge in [-0.2, -0.15) is 0 Å². The van der Waals surface area contributed by atoms with Crippen molar-refractivity contribution in [1.29, 1.82) is 0 Å². The van der Waals surface area contributed by atoms with E-state index in [4.69, 9.17) is 33.2 Å². The second kappa shape index (κ2) is 15.8. The van der Waals surface area contributed by atoms with Crippen LogP contribution < -0.4 is 33.7 Å². The van der Waals surface area contributed by atoms with Crippen molar-refractivity contribution in [1.82, 2.24) is 15.1 Å². The highest BCUT2D eigenvalue weighted by atomic mass is 16.6. The number of benzene rings is 2. The van der Waals surface area contributed by atoms with Crippen molar-refractivity contribution < 1.29 is 47.5 Å². The maximum atomic E-state index is 13.9. The summed E-state index contributed by atoms with van der Waals surface area (Å²) in [6.07, 6.45) is 0.302. The molecule has 0 saturated carbocycles. The molecule has 3 rings (SSSR count). The van der Waals surface area contributed by atoms with E-state index >= 15 is 0 Å². The lowest BCUT2D eigenvalue weighted by molar-refractivity contribution is 0.0228. The van der Waals surface area contributed by atoms with Gasteiger partial charge in [0.1, 0.15) is 6.61 Å². The minimum atomic E-state index is -0.657. The number of carbonyl (C=O) groups excluding carboxylic acids is 3. The van der Waals surface area contributed by atoms with Gasteiger partial charge in [0.2, 0.25) is 11.5 Å². The molecule has 1 saturated heterocycles. The highest BCUT2D eigenvalue weighted by Crippen LogP contribution is 2.40. The van der Waals surface area contributed by atoms with Gasteiger partial charge < -0.3 is 48.3 Å². The van der Waals surface area contributed by atoms with Gasteiger partial charge in [0.15, 0.2) is 23.0 Å². The van der Waals surface area contributed by atoms with Gasteiger partial charge in [-0.1, -0.05) is 20.3 Å². The Bertz CT molecular complexity index is 1270. The molecular formula is C31H43N3O10. The van der Waals surface area contributed by atoms with E-state index in [0.717, 1.165) is 6.42 Å². The Kier molecular flexibility index (Phi) is 12.2. The molecule has 0 aromatic heterocycles. The van der Waals surface area contributed by atoms with E-state index in [2.05, 4.69) is 5.32 Å². The molecular weight excluding hydrogens is 574 g/mol. The lowest BCUT2D eigenvalue weighted by atomic mass is 10.1. The fourth-order valence-corrected chi connectivity index (χ4v) is 4.83. The van der Waals surface area contributed by atoms with Crippen molar-refractivity contribution >= 4 is 17.9 Å². The molecule has 3 amide bonds. The summed E-state index contributed by atoms with van der Waals surface area (Å²) in [5.41, 5.74) is 0.602. The Morgan fingerprint density at radius 2 is 1.25 bits per heavy atom. The van der Waals surface area contributed by atoms with Crippen LogP contribution in [-0.2, 0) is 4.74 Å². The van der Waals surface area contributed by atoms with Crippen LogP contribution in [-0.4, -0.2) is 109 Å². The smallest absolute Gasteiger partial charge is 0.407 e. The van der Waals surface area contributed by atoms with Gasteiger partial charge in [-0.15, -0.1) is 0 Å². The lowest BCUT2D eigenvalue weighted by Crippen LogP contribution is -2.58. The van der Waals surface area contributed by atoms with E-state index in [1.807, 2.05) is 13.8 Å². The zero-order valence-corrected chi connectivity index (χ0v) is 26.7. The monoisotopic (exact) mass is 617 g/mol. The third kappa shape index (κ3) is 7.69. The number of hydrogen-bond donors (Lipinski definition) is 1. The Labute approximate surface area is 258 Å². The molecule has 44 heavy (non-hydrogen) atoms. The number of ether oxygens (including phenoxy) is 7. The molecule has 13 nitrogen and oxygen atoms in total. The van der Waals surface area contributed by atoms with Gasteiger partial charge in [-0.05, 0) is 30.2 Å². The van der Waals surface area contributed by atoms with Crippen LogP contribution in [0.2, 0.25) is 0 Å². The van der Waals surface area contributed by atoms with Crippen LogP contribution >= 0.6 is 0 Å². The Morgan fingerprint density at radius 3 is 1.68 bits per heavy atom. The second-order valence-electron chi connectivity index (χ2n) is 10.2. The molecule has 1 N–H and O–H groups in total. The van der Waals surface area contributed by atoms with Gasteiger partial charge in [0.25, 0.3) is 11.8 Å². The normalized spacial score (nSPS) is 15.1. The summed E-state index contributed by atoms with van der Waals surface area (Å²) in [6, 6.07) is 5.62. The van der Waals surface area contributed by atoms with Crippen LogP contribution in [0.25, 0.3) is 0 Å². The first-order valence-corrected chi connectivity index (χ1v) is 14.3. The molecule has 2 aromatic carbocycles. The molecule has 1 aliphatic rings. The maximum Gasteiger partial charge on any atom is 0.407 e. The van der Waals surface area contributed by atoms with E-state index in [1.54, 1.807) is 34.1 Å². The molecule has 242 valence electrons. The Hall–Kier alpha value is -4.55. The van der Waals surface area contributed by atoms with Crippen LogP contribution in [0.15, 0.2) is 24.3 Å². The lowest BCUT2D eigenvalue weighted by Gasteiger charge is -2.41. The molecule has 13 heteroatoms. The summed E-state index contributed by atoms with van der Waals surface area (Å²) in [4.78, 5) is 43.3. The van der Waals surface area contributed by atoms with Gasteiger partial charge in [0, 0.05) is 37.3 Å². The highest BCUT2D eigenvalue weighted by Gasteiger charge is 2.35. The van der Waals surface area contributed by atoms with E-state index < -0.39 is 12.1 Å². The molecule has 0 radical (unpaired) electrons. The van der Waals surface area contributed by atoms with E-state index in [-0.39, 0.29) is 49.5 Å². The molecule has 1 heterocycles. The zero-order valence-electron chi connectivity index (χ0n) is 26.7. The third-order valence-electron chi connectivity index (χ3n) is 7.55. The topological polar surface area (TPSA) is 134 Å². The molecule has 0 bridgehead atoms. The number of carbonyl (C=O) groups is 3. The first-order chi connectivity index (χ1) is 21.1. The number of nitrogens with zero attached hydrogens (tertiary/aromatic N) is 2. The fourth-order valence-electron chi connectivity index (χ4n) is 4.83. The first kappa shape index (κ1) is 33.9. The molecule has 0 aliphatic carbocycles. The van der Waals surface area contributed by atoms with Crippen LogP contribution in [0, 0.1) is 5.92 Å². The average molecular weight is 618 g/mol. The average Bonchev–Trinajstić information content (AvgIpc) is 3.07. The van der Waals surface area contributed by atoms with Crippen LogP contribution in [0.5, 0.6) is 34.5 Å². The molecule has 2 aromatic rings. The van der Waals surface area contributed by atoms with Crippen molar-refractivity contribution in [2.24, 2.45) is 5.92 Å². The van der Waals surface area contributed by atoms with E-state index in [9.17, 15) is 14.4 Å². The number of alkyl carbamates (subject to hydrolysis) is 1. The van der Waals surface area contributed by atoms with Crippen molar-refractivity contribution in [2.45, 2.75) is 26.3 Å². The predicted molar refractivity (Wildman–Crippen MR) is 162 cm³/mol. The summed E-state index contributed by atoms with van der Waals surface area (Å²) >= 11 is 0. The van der Waals surface area contributed by atoms with Crippen LogP contribution in [0.4, 0.5) is 4.79 Å². The standard InChI is InChI=1S/C31H43N3O10/c1-9-19(2)16-32-31(37)44-18-22-17-33(29(35)20-12-23(38-3)27(42-7)24(13-20)39-4)10-11-34(22)30(36)21-14-25(40-5)28(43-8)26(15-21)41-6/h12-15,19,22H,9-11,16-18H2,1-8H3,(H,32,37). The minimum absolute atomic E-state index is 0.101. The Morgan fingerprint density at radius 1 is 0.773 bits per heavy atom. The molecule has 1 aliphatic heterocycles. The number of hydrogen-bond acceptors (Lipinski definition) is 10. The number of methoxy groups -OCH3 is 6. The molecule has 2 unspecified atom stereocenters. The fraction of sp³-hybridized carbons (Fsp3) is 0.516. The number of rotatable bonds is 13. The molecule has 2 atom stereocenters. The van der Waals surface area contributed by atoms with Crippen molar-refractivity contribution in [3.63, 3.8) is 0 Å². The van der Waals surface area contributed by atoms with Crippen molar-refractivity contribution in [2.75, 3.05) is 75.4 Å². The summed E-state index contributed by atoms with van der Waals surface area (Å²) in [7, 11) is 8.83. The number of piperazine rings is 1. The summed E-state index contributed by atoms with van der Waals surface area (Å²) in [5.74, 6) is 1.66. The van der Waals surface area contributed by atoms with Crippen molar-refractivity contribution in [3.8, 4) is 34.5 Å². The first-order valence-electron chi connectivity index (χ1n) is 14.3. The Balaban J connectivity index is 1.91. The second-order valence-corrected chi connectivity index (χ2v) is 10.2. The summed E-state index contributed by atoms with van der Waals surface area (Å²) < 4.78 is 38.0. The van der Waals surface area contributed by atoms with Crippen LogP contribution in [0.1, 0.15) is 41.0 Å². The zero-order chi connectivity index (χ0) is 32.4. The highest BCUT2D eigenvalue weighted by molar-refractivity contribution is 5.97. The quantitative estimate of drug-likeness (QED) is 0.356. The van der Waals surface area contributed by atoms with Gasteiger partial charge >= 0.3 is 6.09 Å². The molecule has 0 spiro atoms. The maximum absolute atomic E-state index is 13.9. The summed E-state index contributed by atoms with van der Waals surface area (Å²) in [5, 5.41) is 2.76. The SMILES string of the molecule is CCC(C)CNC(=O)OCC1CN(C(=O)c2cc(OC)c(OC)c(OC)c2)CCN1C(=O)c1cc(OC)c(OC)c(OC)c1.